The molecule has 3 fully saturated rings. The van der Waals surface area contributed by atoms with Gasteiger partial charge in [-0.25, -0.2) is 0 Å². The van der Waals surface area contributed by atoms with Gasteiger partial charge in [0, 0.05) is 37.0 Å². The maximum atomic E-state index is 5.59. The zero-order valence-corrected chi connectivity index (χ0v) is 16.7. The number of hydrogen-bond acceptors (Lipinski definition) is 4. The maximum absolute atomic E-state index is 5.59. The van der Waals surface area contributed by atoms with Crippen LogP contribution in [0.25, 0.3) is 0 Å². The molecule has 1 saturated carbocycles. The summed E-state index contributed by atoms with van der Waals surface area (Å²) in [6.45, 7) is 8.93. The zero-order chi connectivity index (χ0) is 17.4. The third-order valence-corrected chi connectivity index (χ3v) is 7.26. The van der Waals surface area contributed by atoms with Crippen molar-refractivity contribution in [3.8, 4) is 0 Å². The Balaban J connectivity index is 1.61. The topological polar surface area (TPSA) is 48.9 Å². The van der Waals surface area contributed by atoms with Gasteiger partial charge in [-0.05, 0) is 38.4 Å². The summed E-state index contributed by atoms with van der Waals surface area (Å²) in [6.07, 6.45) is 9.35. The molecule has 0 bridgehead atoms. The van der Waals surface area contributed by atoms with Crippen molar-refractivity contribution in [1.29, 1.82) is 0 Å². The van der Waals surface area contributed by atoms with Crippen molar-refractivity contribution in [2.24, 2.45) is 4.99 Å². The Morgan fingerprint density at radius 3 is 2.64 bits per heavy atom. The molecule has 144 valence electrons. The van der Waals surface area contributed by atoms with Gasteiger partial charge in [-0.3, -0.25) is 9.89 Å². The van der Waals surface area contributed by atoms with Crippen molar-refractivity contribution < 1.29 is 4.74 Å². The fourth-order valence-corrected chi connectivity index (χ4v) is 5.61. The number of morpholine rings is 1. The van der Waals surface area contributed by atoms with E-state index in [-0.39, 0.29) is 5.54 Å². The van der Waals surface area contributed by atoms with Crippen LogP contribution in [0.2, 0.25) is 0 Å². The van der Waals surface area contributed by atoms with Gasteiger partial charge in [0.1, 0.15) is 0 Å². The number of rotatable bonds is 6. The third-order valence-electron chi connectivity index (χ3n) is 5.86. The first-order valence-electron chi connectivity index (χ1n) is 10.3. The Kier molecular flexibility index (Phi) is 7.74. The normalized spacial score (nSPS) is 28.0. The van der Waals surface area contributed by atoms with Crippen LogP contribution in [0, 0.1) is 0 Å². The second-order valence-electron chi connectivity index (χ2n) is 7.60. The first kappa shape index (κ1) is 19.3. The number of nitrogens with zero attached hydrogens (tertiary/aromatic N) is 2. The van der Waals surface area contributed by atoms with Crippen LogP contribution in [0.4, 0.5) is 0 Å². The summed E-state index contributed by atoms with van der Waals surface area (Å²) >= 11 is 2.10. The molecule has 0 radical (unpaired) electrons. The second kappa shape index (κ2) is 10.0. The lowest BCUT2D eigenvalue weighted by atomic mass is 9.80. The van der Waals surface area contributed by atoms with E-state index in [1.54, 1.807) is 0 Å². The Morgan fingerprint density at radius 2 is 1.96 bits per heavy atom. The van der Waals surface area contributed by atoms with Crippen LogP contribution < -0.4 is 10.6 Å². The summed E-state index contributed by atoms with van der Waals surface area (Å²) in [4.78, 5) is 7.72. The highest BCUT2D eigenvalue weighted by Crippen LogP contribution is 2.34. The van der Waals surface area contributed by atoms with Crippen LogP contribution in [0.1, 0.15) is 51.9 Å². The van der Waals surface area contributed by atoms with E-state index >= 15 is 0 Å². The molecule has 0 amide bonds. The lowest BCUT2D eigenvalue weighted by Crippen LogP contribution is -2.56. The molecule has 2 N–H and O–H groups in total. The van der Waals surface area contributed by atoms with Crippen LogP contribution in [0.5, 0.6) is 0 Å². The number of ether oxygens (including phenoxy) is 1. The molecule has 0 aromatic rings. The molecule has 3 rings (SSSR count). The fourth-order valence-electron chi connectivity index (χ4n) is 4.41. The van der Waals surface area contributed by atoms with Crippen LogP contribution in [-0.4, -0.2) is 73.3 Å². The minimum atomic E-state index is 0.256. The molecule has 6 heteroatoms. The molecule has 2 saturated heterocycles. The number of nitrogens with one attached hydrogen (secondary N) is 2. The van der Waals surface area contributed by atoms with Crippen molar-refractivity contribution in [2.75, 3.05) is 51.7 Å². The van der Waals surface area contributed by atoms with Crippen molar-refractivity contribution in [3.05, 3.63) is 0 Å². The highest BCUT2D eigenvalue weighted by Gasteiger charge is 2.38. The van der Waals surface area contributed by atoms with Crippen molar-refractivity contribution in [1.82, 2.24) is 15.5 Å². The molecule has 1 aliphatic carbocycles. The minimum Gasteiger partial charge on any atom is -0.379 e. The number of hydrogen-bond donors (Lipinski definition) is 2. The monoisotopic (exact) mass is 368 g/mol. The Labute approximate surface area is 157 Å². The highest BCUT2D eigenvalue weighted by atomic mass is 32.2. The second-order valence-corrected chi connectivity index (χ2v) is 9.00. The molecular formula is C19H36N4OS. The summed E-state index contributed by atoms with van der Waals surface area (Å²) in [5, 5.41) is 7.81. The molecule has 0 aromatic heterocycles. The minimum absolute atomic E-state index is 0.256. The quantitative estimate of drug-likeness (QED) is 0.557. The zero-order valence-electron chi connectivity index (χ0n) is 15.9. The van der Waals surface area contributed by atoms with Crippen molar-refractivity contribution in [3.63, 3.8) is 0 Å². The van der Waals surface area contributed by atoms with Gasteiger partial charge in [-0.1, -0.05) is 19.3 Å². The largest absolute Gasteiger partial charge is 0.379 e. The van der Waals surface area contributed by atoms with E-state index in [0.29, 0.717) is 0 Å². The van der Waals surface area contributed by atoms with Crippen LogP contribution in [-0.2, 0) is 4.74 Å². The molecule has 1 atom stereocenters. The summed E-state index contributed by atoms with van der Waals surface area (Å²) in [5.41, 5.74) is 0.256. The molecule has 0 aromatic carbocycles. The molecule has 25 heavy (non-hydrogen) atoms. The molecule has 2 heterocycles. The smallest absolute Gasteiger partial charge is 0.191 e. The van der Waals surface area contributed by atoms with Gasteiger partial charge in [-0.15, -0.1) is 0 Å². The van der Waals surface area contributed by atoms with Gasteiger partial charge >= 0.3 is 0 Å². The predicted octanol–water partition coefficient (Wildman–Crippen LogP) is 2.47. The Bertz CT molecular complexity index is 414. The highest BCUT2D eigenvalue weighted by molar-refractivity contribution is 8.00. The molecule has 0 spiro atoms. The molecule has 2 aliphatic heterocycles. The SMILES string of the molecule is CCNC(=NCC1(N2CCOCC2)CCCCC1)NCC1CCCS1. The Hall–Kier alpha value is -0.460. The van der Waals surface area contributed by atoms with Crippen molar-refractivity contribution >= 4 is 17.7 Å². The van der Waals surface area contributed by atoms with E-state index in [4.69, 9.17) is 9.73 Å². The van der Waals surface area contributed by atoms with Crippen LogP contribution in [0.15, 0.2) is 4.99 Å². The first-order valence-corrected chi connectivity index (χ1v) is 11.3. The van der Waals surface area contributed by atoms with Crippen molar-refractivity contribution in [2.45, 2.75) is 62.7 Å². The summed E-state index contributed by atoms with van der Waals surface area (Å²) in [7, 11) is 0. The predicted molar refractivity (Wildman–Crippen MR) is 108 cm³/mol. The molecule has 5 nitrogen and oxygen atoms in total. The van der Waals surface area contributed by atoms with Crippen LogP contribution >= 0.6 is 11.8 Å². The summed E-state index contributed by atoms with van der Waals surface area (Å²) in [5.74, 6) is 2.33. The lowest BCUT2D eigenvalue weighted by molar-refractivity contribution is -0.0333. The van der Waals surface area contributed by atoms with Gasteiger partial charge in [0.25, 0.3) is 0 Å². The first-order chi connectivity index (χ1) is 12.3. The van der Waals surface area contributed by atoms with Gasteiger partial charge < -0.3 is 15.4 Å². The molecule has 3 aliphatic rings. The van der Waals surface area contributed by atoms with Gasteiger partial charge in [-0.2, -0.15) is 11.8 Å². The van der Waals surface area contributed by atoms with Gasteiger partial charge in [0.05, 0.1) is 19.8 Å². The molecule has 1 unspecified atom stereocenters. The maximum Gasteiger partial charge on any atom is 0.191 e. The number of aliphatic imine (C=N–C) groups is 1. The Morgan fingerprint density at radius 1 is 1.16 bits per heavy atom. The third kappa shape index (κ3) is 5.51. The standard InChI is InChI=1S/C19H36N4OS/c1-2-20-18(21-15-17-7-6-14-25-17)22-16-19(8-4-3-5-9-19)23-10-12-24-13-11-23/h17H,2-16H2,1H3,(H2,20,21,22). The van der Waals surface area contributed by atoms with E-state index in [9.17, 15) is 0 Å². The van der Waals surface area contributed by atoms with E-state index < -0.39 is 0 Å². The summed E-state index contributed by atoms with van der Waals surface area (Å²) in [6, 6.07) is 0. The van der Waals surface area contributed by atoms with E-state index in [1.807, 2.05) is 0 Å². The lowest BCUT2D eigenvalue weighted by Gasteiger charge is -2.47. The number of thioether (sulfide) groups is 1. The van der Waals surface area contributed by atoms with Crippen LogP contribution in [0.3, 0.4) is 0 Å². The number of guanidine groups is 1. The summed E-state index contributed by atoms with van der Waals surface area (Å²) < 4.78 is 5.59. The van der Waals surface area contributed by atoms with E-state index in [1.165, 1.54) is 50.7 Å². The average molecular weight is 369 g/mol. The average Bonchev–Trinajstić information content (AvgIpc) is 3.19. The van der Waals surface area contributed by atoms with Gasteiger partial charge in [0.15, 0.2) is 5.96 Å². The van der Waals surface area contributed by atoms with E-state index in [0.717, 1.165) is 57.1 Å². The molecular weight excluding hydrogens is 332 g/mol. The van der Waals surface area contributed by atoms with Gasteiger partial charge in [0.2, 0.25) is 0 Å². The fraction of sp³-hybridized carbons (Fsp3) is 0.947. The van der Waals surface area contributed by atoms with E-state index in [2.05, 4.69) is 34.2 Å².